The van der Waals surface area contributed by atoms with Crippen molar-refractivity contribution in [3.05, 3.63) is 37.0 Å². The smallest absolute Gasteiger partial charge is 0.184 e. The molecular formula is C14H24O2Si. The van der Waals surface area contributed by atoms with E-state index in [0.717, 1.165) is 12.8 Å². The lowest BCUT2D eigenvalue weighted by Gasteiger charge is -2.24. The number of carbonyl (C=O) groups excluding carboxylic acids is 1. The second-order valence-corrected chi connectivity index (χ2v) is 9.32. The maximum Gasteiger partial charge on any atom is 0.184 e. The molecule has 0 fully saturated rings. The minimum atomic E-state index is -1.68. The number of carbonyl (C=O) groups is 1. The average molecular weight is 252 g/mol. The van der Waals surface area contributed by atoms with Crippen LogP contribution in [0.4, 0.5) is 0 Å². The van der Waals surface area contributed by atoms with Gasteiger partial charge in [0.1, 0.15) is 6.10 Å². The molecule has 0 aromatic carbocycles. The highest BCUT2D eigenvalue weighted by Crippen LogP contribution is 2.13. The Bertz CT molecular complexity index is 298. The molecule has 0 rings (SSSR count). The van der Waals surface area contributed by atoms with E-state index < -0.39 is 8.32 Å². The molecule has 0 saturated carbocycles. The Kier molecular flexibility index (Phi) is 7.75. The van der Waals surface area contributed by atoms with E-state index in [0.29, 0.717) is 0 Å². The summed E-state index contributed by atoms with van der Waals surface area (Å²) in [6.07, 6.45) is 10.3. The standard InChI is InChI=1S/C14H24O2Si/c1-6-8-9-10-12-14(13(15)11-7-2)16-17(3,4)5/h6-9,11,14H,1,10,12H2,2-5H3/b9-8+,11-7+. The second kappa shape index (κ2) is 8.20. The minimum Gasteiger partial charge on any atom is -0.407 e. The van der Waals surface area contributed by atoms with Crippen molar-refractivity contribution >= 4 is 14.1 Å². The predicted octanol–water partition coefficient (Wildman–Crippen LogP) is 3.87. The minimum absolute atomic E-state index is 0.0712. The lowest BCUT2D eigenvalue weighted by atomic mass is 10.1. The van der Waals surface area contributed by atoms with Gasteiger partial charge in [0.25, 0.3) is 0 Å². The SMILES string of the molecule is C=C/C=C/CCC(O[Si](C)(C)C)C(=O)/C=C/C. The average Bonchev–Trinajstić information content (AvgIpc) is 2.21. The molecule has 1 atom stereocenters. The molecule has 1 unspecified atom stereocenters. The largest absolute Gasteiger partial charge is 0.407 e. The number of rotatable bonds is 8. The fourth-order valence-electron chi connectivity index (χ4n) is 1.40. The molecule has 0 N–H and O–H groups in total. The van der Waals surface area contributed by atoms with Crippen molar-refractivity contribution in [1.29, 1.82) is 0 Å². The van der Waals surface area contributed by atoms with Crippen LogP contribution in [-0.4, -0.2) is 20.2 Å². The molecule has 0 aliphatic heterocycles. The van der Waals surface area contributed by atoms with Crippen molar-refractivity contribution in [1.82, 2.24) is 0 Å². The van der Waals surface area contributed by atoms with E-state index in [1.54, 1.807) is 18.2 Å². The fraction of sp³-hybridized carbons (Fsp3) is 0.500. The lowest BCUT2D eigenvalue weighted by Crippen LogP contribution is -2.36. The first-order chi connectivity index (χ1) is 7.90. The molecular weight excluding hydrogens is 228 g/mol. The Morgan fingerprint density at radius 3 is 2.53 bits per heavy atom. The number of hydrogen-bond acceptors (Lipinski definition) is 2. The lowest BCUT2D eigenvalue weighted by molar-refractivity contribution is -0.121. The van der Waals surface area contributed by atoms with Gasteiger partial charge in [0.05, 0.1) is 0 Å². The first-order valence-corrected chi connectivity index (χ1v) is 9.43. The van der Waals surface area contributed by atoms with Crippen molar-refractivity contribution < 1.29 is 9.22 Å². The molecule has 0 heterocycles. The molecule has 0 aliphatic carbocycles. The van der Waals surface area contributed by atoms with E-state index >= 15 is 0 Å². The molecule has 3 heteroatoms. The van der Waals surface area contributed by atoms with Gasteiger partial charge in [-0.15, -0.1) is 0 Å². The van der Waals surface area contributed by atoms with E-state index in [1.807, 2.05) is 19.1 Å². The van der Waals surface area contributed by atoms with Gasteiger partial charge in [-0.25, -0.2) is 0 Å². The first kappa shape index (κ1) is 16.1. The summed E-state index contributed by atoms with van der Waals surface area (Å²) in [5, 5.41) is 0. The quantitative estimate of drug-likeness (QED) is 0.372. The summed E-state index contributed by atoms with van der Waals surface area (Å²) in [6, 6.07) is 0. The van der Waals surface area contributed by atoms with Crippen LogP contribution in [0.1, 0.15) is 19.8 Å². The molecule has 0 aromatic heterocycles. The van der Waals surface area contributed by atoms with Gasteiger partial charge in [-0.1, -0.05) is 30.9 Å². The molecule has 17 heavy (non-hydrogen) atoms. The third kappa shape index (κ3) is 8.83. The van der Waals surface area contributed by atoms with Gasteiger partial charge < -0.3 is 4.43 Å². The normalized spacial score (nSPS) is 14.4. The van der Waals surface area contributed by atoms with Crippen LogP contribution in [0.15, 0.2) is 37.0 Å². The maximum absolute atomic E-state index is 11.9. The second-order valence-electron chi connectivity index (χ2n) is 4.86. The molecule has 0 saturated heterocycles. The Morgan fingerprint density at radius 1 is 1.41 bits per heavy atom. The van der Waals surface area contributed by atoms with Gasteiger partial charge in [-0.3, -0.25) is 4.79 Å². The monoisotopic (exact) mass is 252 g/mol. The molecule has 0 spiro atoms. The summed E-state index contributed by atoms with van der Waals surface area (Å²) < 4.78 is 5.91. The number of hydrogen-bond donors (Lipinski definition) is 0. The summed E-state index contributed by atoms with van der Waals surface area (Å²) >= 11 is 0. The van der Waals surface area contributed by atoms with E-state index in [1.165, 1.54) is 0 Å². The van der Waals surface area contributed by atoms with Crippen LogP contribution in [0.25, 0.3) is 0 Å². The Labute approximate surface area is 106 Å². The Morgan fingerprint density at radius 2 is 2.06 bits per heavy atom. The van der Waals surface area contributed by atoms with Crippen LogP contribution in [0.5, 0.6) is 0 Å². The van der Waals surface area contributed by atoms with Crippen molar-refractivity contribution in [2.24, 2.45) is 0 Å². The summed E-state index contributed by atoms with van der Waals surface area (Å²) in [5.41, 5.74) is 0. The molecule has 0 amide bonds. The van der Waals surface area contributed by atoms with Crippen LogP contribution in [0.3, 0.4) is 0 Å². The van der Waals surface area contributed by atoms with Gasteiger partial charge >= 0.3 is 0 Å². The predicted molar refractivity (Wildman–Crippen MR) is 76.6 cm³/mol. The van der Waals surface area contributed by atoms with Crippen LogP contribution < -0.4 is 0 Å². The van der Waals surface area contributed by atoms with Gasteiger partial charge in [0.2, 0.25) is 0 Å². The maximum atomic E-state index is 11.9. The van der Waals surface area contributed by atoms with Gasteiger partial charge in [-0.05, 0) is 45.5 Å². The Balaban J connectivity index is 4.45. The van der Waals surface area contributed by atoms with Gasteiger partial charge in [0, 0.05) is 0 Å². The van der Waals surface area contributed by atoms with Crippen LogP contribution in [0.2, 0.25) is 19.6 Å². The highest BCUT2D eigenvalue weighted by atomic mass is 28.4. The molecule has 0 bridgehead atoms. The highest BCUT2D eigenvalue weighted by molar-refractivity contribution is 6.69. The number of ketones is 1. The van der Waals surface area contributed by atoms with Crippen LogP contribution >= 0.6 is 0 Å². The summed E-state index contributed by atoms with van der Waals surface area (Å²) in [4.78, 5) is 11.9. The van der Waals surface area contributed by atoms with E-state index in [2.05, 4.69) is 26.2 Å². The molecule has 0 aliphatic rings. The molecule has 0 aromatic rings. The molecule has 0 radical (unpaired) electrons. The molecule has 2 nitrogen and oxygen atoms in total. The van der Waals surface area contributed by atoms with Crippen LogP contribution in [0, 0.1) is 0 Å². The van der Waals surface area contributed by atoms with Crippen molar-refractivity contribution in [2.45, 2.75) is 45.5 Å². The van der Waals surface area contributed by atoms with E-state index in [-0.39, 0.29) is 11.9 Å². The summed E-state index contributed by atoms with van der Waals surface area (Å²) in [7, 11) is -1.68. The topological polar surface area (TPSA) is 26.3 Å². The van der Waals surface area contributed by atoms with E-state index in [9.17, 15) is 4.79 Å². The summed E-state index contributed by atoms with van der Waals surface area (Å²) in [5.74, 6) is 0.0712. The number of allylic oxidation sites excluding steroid dienone is 4. The molecule has 96 valence electrons. The van der Waals surface area contributed by atoms with Crippen molar-refractivity contribution in [3.63, 3.8) is 0 Å². The van der Waals surface area contributed by atoms with E-state index in [4.69, 9.17) is 4.43 Å². The Hall–Kier alpha value is -0.933. The van der Waals surface area contributed by atoms with Gasteiger partial charge in [0.15, 0.2) is 14.1 Å². The van der Waals surface area contributed by atoms with Crippen LogP contribution in [-0.2, 0) is 9.22 Å². The van der Waals surface area contributed by atoms with Gasteiger partial charge in [-0.2, -0.15) is 0 Å². The fourth-order valence-corrected chi connectivity index (χ4v) is 2.49. The third-order valence-corrected chi connectivity index (χ3v) is 3.00. The highest BCUT2D eigenvalue weighted by Gasteiger charge is 2.24. The zero-order valence-corrected chi connectivity index (χ0v) is 12.4. The zero-order chi connectivity index (χ0) is 13.3. The first-order valence-electron chi connectivity index (χ1n) is 6.02. The van der Waals surface area contributed by atoms with Crippen molar-refractivity contribution in [3.8, 4) is 0 Å². The third-order valence-electron chi connectivity index (χ3n) is 2.01. The zero-order valence-electron chi connectivity index (χ0n) is 11.4. The van der Waals surface area contributed by atoms with Crippen molar-refractivity contribution in [2.75, 3.05) is 0 Å². The summed E-state index contributed by atoms with van der Waals surface area (Å²) in [6.45, 7) is 11.8.